The lowest BCUT2D eigenvalue weighted by atomic mass is 10.0. The van der Waals surface area contributed by atoms with Crippen molar-refractivity contribution in [2.75, 3.05) is 13.6 Å². The van der Waals surface area contributed by atoms with Gasteiger partial charge in [0.15, 0.2) is 0 Å². The van der Waals surface area contributed by atoms with Gasteiger partial charge in [-0.2, -0.15) is 0 Å². The van der Waals surface area contributed by atoms with Gasteiger partial charge in [0.05, 0.1) is 11.4 Å². The highest BCUT2D eigenvalue weighted by Gasteiger charge is 2.24. The minimum Gasteiger partial charge on any atom is -0.307 e. The molecule has 0 spiro atoms. The number of nitrogens with zero attached hydrogens (tertiary/aromatic N) is 3. The summed E-state index contributed by atoms with van der Waals surface area (Å²) in [6, 6.07) is 0.680. The fourth-order valence-corrected chi connectivity index (χ4v) is 2.79. The van der Waals surface area contributed by atoms with Crippen molar-refractivity contribution in [3.63, 3.8) is 0 Å². The average Bonchev–Trinajstić information content (AvgIpc) is 2.89. The van der Waals surface area contributed by atoms with E-state index < -0.39 is 0 Å². The van der Waals surface area contributed by atoms with Crippen LogP contribution in [-0.4, -0.2) is 34.5 Å². The van der Waals surface area contributed by atoms with E-state index in [1.54, 1.807) is 6.33 Å². The van der Waals surface area contributed by atoms with Crippen LogP contribution in [0.4, 0.5) is 0 Å². The summed E-state index contributed by atoms with van der Waals surface area (Å²) in [4.78, 5) is 11.3. The summed E-state index contributed by atoms with van der Waals surface area (Å²) >= 11 is 0. The average molecular weight is 218 g/mol. The number of aromatic nitrogens is 2. The summed E-state index contributed by atoms with van der Waals surface area (Å²) in [6.07, 6.45) is 5.44. The lowest BCUT2D eigenvalue weighted by Crippen LogP contribution is -2.27. The maximum absolute atomic E-state index is 4.47. The van der Waals surface area contributed by atoms with Gasteiger partial charge in [-0.1, -0.05) is 0 Å². The molecule has 0 bridgehead atoms. The minimum atomic E-state index is 0.680. The van der Waals surface area contributed by atoms with Crippen LogP contribution in [0.25, 0.3) is 0 Å². The molecule has 1 fully saturated rings. The van der Waals surface area contributed by atoms with Crippen LogP contribution in [0.15, 0.2) is 6.33 Å². The van der Waals surface area contributed by atoms with Crippen molar-refractivity contribution in [2.45, 2.75) is 38.4 Å². The molecule has 1 atom stereocenters. The van der Waals surface area contributed by atoms with Gasteiger partial charge in [0.1, 0.15) is 6.33 Å². The van der Waals surface area contributed by atoms with E-state index in [4.69, 9.17) is 0 Å². The van der Waals surface area contributed by atoms with E-state index in [1.807, 2.05) is 0 Å². The number of nitrogens with one attached hydrogen (secondary N) is 1. The number of hydrogen-bond donors (Lipinski definition) is 1. The normalized spacial score (nSPS) is 24.9. The monoisotopic (exact) mass is 218 g/mol. The molecule has 0 radical (unpaired) electrons. The zero-order chi connectivity index (χ0) is 11.0. The van der Waals surface area contributed by atoms with E-state index in [0.717, 1.165) is 19.5 Å². The SMILES string of the molecule is CN1CCCC1Cc1ncnc2c1CNC2. The van der Waals surface area contributed by atoms with Crippen molar-refractivity contribution in [3.8, 4) is 0 Å². The molecule has 2 aliphatic rings. The fraction of sp³-hybridized carbons (Fsp3) is 0.667. The van der Waals surface area contributed by atoms with Gasteiger partial charge < -0.3 is 10.2 Å². The molecule has 3 rings (SSSR count). The van der Waals surface area contributed by atoms with Gasteiger partial charge in [-0.25, -0.2) is 9.97 Å². The summed E-state index contributed by atoms with van der Waals surface area (Å²) in [6.45, 7) is 3.09. The third-order valence-corrected chi connectivity index (χ3v) is 3.82. The quantitative estimate of drug-likeness (QED) is 0.794. The predicted octanol–water partition coefficient (Wildman–Crippen LogP) is 0.716. The Morgan fingerprint density at radius 2 is 2.38 bits per heavy atom. The molecule has 0 saturated carbocycles. The van der Waals surface area contributed by atoms with Crippen LogP contribution in [0, 0.1) is 0 Å². The Kier molecular flexibility index (Phi) is 2.61. The lowest BCUT2D eigenvalue weighted by molar-refractivity contribution is 0.307. The van der Waals surface area contributed by atoms with Crippen LogP contribution >= 0.6 is 0 Å². The molecular formula is C12H18N4. The number of likely N-dealkylation sites (N-methyl/N-ethyl adjacent to an activating group) is 1. The van der Waals surface area contributed by atoms with Gasteiger partial charge in [-0.3, -0.25) is 0 Å². The van der Waals surface area contributed by atoms with Crippen molar-refractivity contribution < 1.29 is 0 Å². The van der Waals surface area contributed by atoms with E-state index in [0.29, 0.717) is 6.04 Å². The van der Waals surface area contributed by atoms with Gasteiger partial charge in [0.25, 0.3) is 0 Å². The van der Waals surface area contributed by atoms with E-state index in [9.17, 15) is 0 Å². The molecule has 86 valence electrons. The van der Waals surface area contributed by atoms with Gasteiger partial charge in [0, 0.05) is 31.1 Å². The van der Waals surface area contributed by atoms with Gasteiger partial charge in [-0.05, 0) is 26.4 Å². The number of hydrogen-bond acceptors (Lipinski definition) is 4. The summed E-state index contributed by atoms with van der Waals surface area (Å²) in [5.41, 5.74) is 3.81. The zero-order valence-electron chi connectivity index (χ0n) is 9.74. The maximum Gasteiger partial charge on any atom is 0.116 e. The molecule has 0 aromatic carbocycles. The molecule has 16 heavy (non-hydrogen) atoms. The first-order valence-corrected chi connectivity index (χ1v) is 6.07. The molecule has 3 heterocycles. The topological polar surface area (TPSA) is 41.1 Å². The molecule has 1 aromatic heterocycles. The lowest BCUT2D eigenvalue weighted by Gasteiger charge is -2.19. The second kappa shape index (κ2) is 4.11. The second-order valence-electron chi connectivity index (χ2n) is 4.83. The second-order valence-corrected chi connectivity index (χ2v) is 4.83. The predicted molar refractivity (Wildman–Crippen MR) is 61.9 cm³/mol. The first kappa shape index (κ1) is 10.2. The van der Waals surface area contributed by atoms with Crippen LogP contribution < -0.4 is 5.32 Å². The molecule has 1 N–H and O–H groups in total. The Morgan fingerprint density at radius 1 is 1.44 bits per heavy atom. The van der Waals surface area contributed by atoms with E-state index >= 15 is 0 Å². The van der Waals surface area contributed by atoms with Crippen molar-refractivity contribution in [1.82, 2.24) is 20.2 Å². The standard InChI is InChI=1S/C12H18N4/c1-16-4-2-3-9(16)5-11-10-6-13-7-12(10)15-8-14-11/h8-9,13H,2-7H2,1H3. The molecule has 4 heteroatoms. The maximum atomic E-state index is 4.47. The first-order chi connectivity index (χ1) is 7.84. The van der Waals surface area contributed by atoms with Gasteiger partial charge in [0.2, 0.25) is 0 Å². The van der Waals surface area contributed by atoms with Crippen LogP contribution in [-0.2, 0) is 19.5 Å². The van der Waals surface area contributed by atoms with Crippen molar-refractivity contribution in [1.29, 1.82) is 0 Å². The molecule has 1 aromatic rings. The van der Waals surface area contributed by atoms with E-state index in [2.05, 4.69) is 27.2 Å². The summed E-state index contributed by atoms with van der Waals surface area (Å²) < 4.78 is 0. The third kappa shape index (κ3) is 1.72. The Bertz CT molecular complexity index is 391. The Morgan fingerprint density at radius 3 is 3.19 bits per heavy atom. The van der Waals surface area contributed by atoms with Crippen LogP contribution in [0.5, 0.6) is 0 Å². The number of likely N-dealkylation sites (tertiary alicyclic amines) is 1. The van der Waals surface area contributed by atoms with Gasteiger partial charge in [-0.15, -0.1) is 0 Å². The zero-order valence-corrected chi connectivity index (χ0v) is 9.74. The minimum absolute atomic E-state index is 0.680. The molecule has 1 unspecified atom stereocenters. The molecule has 4 nitrogen and oxygen atoms in total. The summed E-state index contributed by atoms with van der Waals surface area (Å²) in [5.74, 6) is 0. The highest BCUT2D eigenvalue weighted by molar-refractivity contribution is 5.28. The Labute approximate surface area is 96.1 Å². The van der Waals surface area contributed by atoms with E-state index in [1.165, 1.54) is 36.3 Å². The van der Waals surface area contributed by atoms with E-state index in [-0.39, 0.29) is 0 Å². The molecule has 2 aliphatic heterocycles. The van der Waals surface area contributed by atoms with Gasteiger partial charge >= 0.3 is 0 Å². The van der Waals surface area contributed by atoms with Crippen molar-refractivity contribution in [2.24, 2.45) is 0 Å². The molecular weight excluding hydrogens is 200 g/mol. The van der Waals surface area contributed by atoms with Crippen LogP contribution in [0.3, 0.4) is 0 Å². The Balaban J connectivity index is 1.82. The molecule has 1 saturated heterocycles. The summed E-state index contributed by atoms with van der Waals surface area (Å²) in [7, 11) is 2.22. The third-order valence-electron chi connectivity index (χ3n) is 3.82. The van der Waals surface area contributed by atoms with Crippen molar-refractivity contribution >= 4 is 0 Å². The first-order valence-electron chi connectivity index (χ1n) is 6.07. The fourth-order valence-electron chi connectivity index (χ4n) is 2.79. The Hall–Kier alpha value is -1.00. The smallest absolute Gasteiger partial charge is 0.116 e. The van der Waals surface area contributed by atoms with Crippen LogP contribution in [0.1, 0.15) is 29.8 Å². The van der Waals surface area contributed by atoms with Crippen LogP contribution in [0.2, 0.25) is 0 Å². The largest absolute Gasteiger partial charge is 0.307 e. The van der Waals surface area contributed by atoms with Crippen molar-refractivity contribution in [3.05, 3.63) is 23.3 Å². The number of rotatable bonds is 2. The highest BCUT2D eigenvalue weighted by atomic mass is 15.1. The number of fused-ring (bicyclic) bond motifs is 1. The highest BCUT2D eigenvalue weighted by Crippen LogP contribution is 2.22. The summed E-state index contributed by atoms with van der Waals surface area (Å²) in [5, 5.41) is 3.35. The molecule has 0 amide bonds. The molecule has 0 aliphatic carbocycles.